The summed E-state index contributed by atoms with van der Waals surface area (Å²) >= 11 is 0. The van der Waals surface area contributed by atoms with Gasteiger partial charge in [-0.15, -0.1) is 0 Å². The first-order chi connectivity index (χ1) is 11.5. The van der Waals surface area contributed by atoms with E-state index in [2.05, 4.69) is 29.0 Å². The van der Waals surface area contributed by atoms with Gasteiger partial charge in [-0.05, 0) is 26.7 Å². The van der Waals surface area contributed by atoms with Gasteiger partial charge in [-0.3, -0.25) is 14.5 Å². The molecule has 2 heterocycles. The van der Waals surface area contributed by atoms with Gasteiger partial charge in [0.2, 0.25) is 11.8 Å². The van der Waals surface area contributed by atoms with Crippen LogP contribution < -0.4 is 5.32 Å². The number of aryl methyl sites for hydroxylation is 1. The topological polar surface area (TPSA) is 70.5 Å². The molecule has 1 aromatic rings. The Bertz CT molecular complexity index is 608. The molecule has 1 aliphatic heterocycles. The second-order valence-electron chi connectivity index (χ2n) is 7.05. The largest absolute Gasteiger partial charge is 0.353 e. The van der Waals surface area contributed by atoms with E-state index in [1.807, 2.05) is 22.7 Å². The van der Waals surface area contributed by atoms with Crippen LogP contribution >= 0.6 is 0 Å². The third kappa shape index (κ3) is 3.61. The van der Waals surface area contributed by atoms with E-state index in [0.717, 1.165) is 25.2 Å². The van der Waals surface area contributed by atoms with Crippen molar-refractivity contribution in [1.82, 2.24) is 24.7 Å². The van der Waals surface area contributed by atoms with Crippen molar-refractivity contribution < 1.29 is 9.59 Å². The van der Waals surface area contributed by atoms with Gasteiger partial charge >= 0.3 is 0 Å². The van der Waals surface area contributed by atoms with Crippen molar-refractivity contribution in [1.29, 1.82) is 0 Å². The third-order valence-electron chi connectivity index (χ3n) is 4.94. The van der Waals surface area contributed by atoms with Gasteiger partial charge in [-0.1, -0.05) is 0 Å². The lowest BCUT2D eigenvalue weighted by Gasteiger charge is -2.38. The molecule has 24 heavy (non-hydrogen) atoms. The van der Waals surface area contributed by atoms with Crippen LogP contribution in [-0.2, 0) is 23.2 Å². The molecule has 7 heteroatoms. The lowest BCUT2D eigenvalue weighted by Crippen LogP contribution is -2.58. The predicted molar refractivity (Wildman–Crippen MR) is 90.0 cm³/mol. The normalized spacial score (nSPS) is 21.8. The molecular weight excluding hydrogens is 306 g/mol. The SMILES string of the molecule is CC(C)N1CCNC(=O)C1CC(=O)N(Cc1nccn1C)C1CC1. The van der Waals surface area contributed by atoms with Crippen molar-refractivity contribution >= 4 is 11.8 Å². The van der Waals surface area contributed by atoms with E-state index in [-0.39, 0.29) is 30.3 Å². The molecule has 2 aliphatic rings. The second-order valence-corrected chi connectivity index (χ2v) is 7.05. The number of hydrogen-bond acceptors (Lipinski definition) is 4. The molecule has 0 aromatic carbocycles. The molecule has 132 valence electrons. The lowest BCUT2D eigenvalue weighted by molar-refractivity contribution is -0.140. The average Bonchev–Trinajstić information content (AvgIpc) is 3.29. The Kier molecular flexibility index (Phi) is 4.89. The fraction of sp³-hybridized carbons (Fsp3) is 0.706. The number of amides is 2. The first-order valence-corrected chi connectivity index (χ1v) is 8.76. The first-order valence-electron chi connectivity index (χ1n) is 8.76. The molecule has 1 aliphatic carbocycles. The zero-order valence-corrected chi connectivity index (χ0v) is 14.7. The van der Waals surface area contributed by atoms with Crippen LogP contribution in [0.4, 0.5) is 0 Å². The summed E-state index contributed by atoms with van der Waals surface area (Å²) in [6, 6.07) is 0.181. The van der Waals surface area contributed by atoms with Crippen LogP contribution in [0.5, 0.6) is 0 Å². The summed E-state index contributed by atoms with van der Waals surface area (Å²) in [5.41, 5.74) is 0. The second kappa shape index (κ2) is 6.93. The monoisotopic (exact) mass is 333 g/mol. The Morgan fingerprint density at radius 2 is 2.21 bits per heavy atom. The molecule has 1 saturated heterocycles. The zero-order valence-electron chi connectivity index (χ0n) is 14.7. The number of aromatic nitrogens is 2. The van der Waals surface area contributed by atoms with Crippen LogP contribution in [-0.4, -0.2) is 62.4 Å². The lowest BCUT2D eigenvalue weighted by atomic mass is 10.1. The molecule has 1 saturated carbocycles. The Hall–Kier alpha value is -1.89. The number of imidazole rings is 1. The average molecular weight is 333 g/mol. The highest BCUT2D eigenvalue weighted by Crippen LogP contribution is 2.29. The highest BCUT2D eigenvalue weighted by Gasteiger charge is 2.38. The van der Waals surface area contributed by atoms with Crippen molar-refractivity contribution in [3.63, 3.8) is 0 Å². The molecule has 1 atom stereocenters. The van der Waals surface area contributed by atoms with Gasteiger partial charge in [0.1, 0.15) is 5.82 Å². The Morgan fingerprint density at radius 3 is 2.79 bits per heavy atom. The molecule has 3 rings (SSSR count). The van der Waals surface area contributed by atoms with Crippen LogP contribution in [0.1, 0.15) is 38.9 Å². The molecule has 1 aromatic heterocycles. The summed E-state index contributed by atoms with van der Waals surface area (Å²) in [7, 11) is 1.94. The van der Waals surface area contributed by atoms with Gasteiger partial charge in [-0.2, -0.15) is 0 Å². The van der Waals surface area contributed by atoms with E-state index < -0.39 is 0 Å². The highest BCUT2D eigenvalue weighted by molar-refractivity contribution is 5.89. The number of nitrogens with one attached hydrogen (secondary N) is 1. The number of carbonyl (C=O) groups is 2. The zero-order chi connectivity index (χ0) is 17.3. The molecule has 0 radical (unpaired) electrons. The third-order valence-corrected chi connectivity index (χ3v) is 4.94. The van der Waals surface area contributed by atoms with Crippen LogP contribution in [0, 0.1) is 0 Å². The minimum atomic E-state index is -0.367. The molecule has 0 spiro atoms. The van der Waals surface area contributed by atoms with Crippen molar-refractivity contribution in [3.8, 4) is 0 Å². The van der Waals surface area contributed by atoms with Crippen molar-refractivity contribution in [2.24, 2.45) is 7.05 Å². The Balaban J connectivity index is 1.70. The van der Waals surface area contributed by atoms with E-state index in [4.69, 9.17) is 0 Å². The maximum absolute atomic E-state index is 12.9. The minimum Gasteiger partial charge on any atom is -0.353 e. The van der Waals surface area contributed by atoms with Crippen LogP contribution in [0.25, 0.3) is 0 Å². The van der Waals surface area contributed by atoms with E-state index >= 15 is 0 Å². The van der Waals surface area contributed by atoms with Crippen LogP contribution in [0.15, 0.2) is 12.4 Å². The maximum atomic E-state index is 12.9. The summed E-state index contributed by atoms with van der Waals surface area (Å²) in [6.45, 7) is 6.11. The van der Waals surface area contributed by atoms with Gasteiger partial charge in [0.05, 0.1) is 19.0 Å². The number of piperazine rings is 1. The van der Waals surface area contributed by atoms with E-state index in [1.54, 1.807) is 6.20 Å². The summed E-state index contributed by atoms with van der Waals surface area (Å²) in [5, 5.41) is 2.89. The van der Waals surface area contributed by atoms with Gasteiger partial charge in [0.15, 0.2) is 0 Å². The Morgan fingerprint density at radius 1 is 1.46 bits per heavy atom. The number of nitrogens with zero attached hydrogens (tertiary/aromatic N) is 4. The molecule has 2 amide bonds. The van der Waals surface area contributed by atoms with Gasteiger partial charge in [-0.25, -0.2) is 4.98 Å². The summed E-state index contributed by atoms with van der Waals surface area (Å²) in [5.74, 6) is 0.897. The maximum Gasteiger partial charge on any atom is 0.237 e. The first kappa shape index (κ1) is 17.0. The van der Waals surface area contributed by atoms with Crippen molar-refractivity contribution in [2.75, 3.05) is 13.1 Å². The molecule has 1 unspecified atom stereocenters. The summed E-state index contributed by atoms with van der Waals surface area (Å²) < 4.78 is 1.94. The molecule has 1 N–H and O–H groups in total. The fourth-order valence-corrected chi connectivity index (χ4v) is 3.35. The standard InChI is InChI=1S/C17H27N5O2/c1-12(2)21-9-7-19-17(24)14(21)10-16(23)22(13-4-5-13)11-15-18-6-8-20(15)3/h6,8,12-14H,4-5,7,9-11H2,1-3H3,(H,19,24). The number of hydrogen-bond donors (Lipinski definition) is 1. The summed E-state index contributed by atoms with van der Waals surface area (Å²) in [6.07, 6.45) is 5.96. The van der Waals surface area contributed by atoms with Gasteiger partial charge in [0.25, 0.3) is 0 Å². The van der Waals surface area contributed by atoms with Crippen molar-refractivity contribution in [3.05, 3.63) is 18.2 Å². The highest BCUT2D eigenvalue weighted by atomic mass is 16.2. The van der Waals surface area contributed by atoms with E-state index in [0.29, 0.717) is 19.1 Å². The quantitative estimate of drug-likeness (QED) is 0.823. The molecule has 0 bridgehead atoms. The summed E-state index contributed by atoms with van der Waals surface area (Å²) in [4.78, 5) is 33.6. The molecule has 2 fully saturated rings. The van der Waals surface area contributed by atoms with Gasteiger partial charge < -0.3 is 14.8 Å². The Labute approximate surface area is 143 Å². The fourth-order valence-electron chi connectivity index (χ4n) is 3.35. The molecule has 7 nitrogen and oxygen atoms in total. The predicted octanol–water partition coefficient (Wildman–Crippen LogP) is 0.510. The van der Waals surface area contributed by atoms with Crippen molar-refractivity contribution in [2.45, 2.75) is 57.8 Å². The molecular formula is C17H27N5O2. The number of rotatable bonds is 6. The smallest absolute Gasteiger partial charge is 0.237 e. The van der Waals surface area contributed by atoms with Crippen LogP contribution in [0.3, 0.4) is 0 Å². The minimum absolute atomic E-state index is 0.0314. The van der Waals surface area contributed by atoms with E-state index in [1.165, 1.54) is 0 Å². The van der Waals surface area contributed by atoms with Gasteiger partial charge in [0, 0.05) is 44.6 Å². The van der Waals surface area contributed by atoms with Crippen LogP contribution in [0.2, 0.25) is 0 Å². The van der Waals surface area contributed by atoms with E-state index in [9.17, 15) is 9.59 Å². The number of carbonyl (C=O) groups excluding carboxylic acids is 2.